The second-order valence-electron chi connectivity index (χ2n) is 7.75. The third-order valence-corrected chi connectivity index (χ3v) is 5.37. The quantitative estimate of drug-likeness (QED) is 0.547. The number of rotatable bonds is 5. The number of nitrogens with two attached hydrogens (primary N) is 1. The number of piperazine rings is 1. The highest BCUT2D eigenvalue weighted by Crippen LogP contribution is 2.28. The lowest BCUT2D eigenvalue weighted by Gasteiger charge is -2.36. The maximum atomic E-state index is 14.8. The van der Waals surface area contributed by atoms with Gasteiger partial charge in [-0.25, -0.2) is 18.7 Å². The van der Waals surface area contributed by atoms with E-state index < -0.39 is 24.1 Å². The molecule has 1 aromatic carbocycles. The van der Waals surface area contributed by atoms with E-state index in [1.54, 1.807) is 34.1 Å². The van der Waals surface area contributed by atoms with Gasteiger partial charge in [-0.2, -0.15) is 13.2 Å². The van der Waals surface area contributed by atoms with Gasteiger partial charge in [0, 0.05) is 32.4 Å². The van der Waals surface area contributed by atoms with Gasteiger partial charge in [0.15, 0.2) is 0 Å². The van der Waals surface area contributed by atoms with Crippen LogP contribution >= 0.6 is 0 Å². The molecule has 3 N–H and O–H groups in total. The minimum atomic E-state index is -5.08. The van der Waals surface area contributed by atoms with Crippen LogP contribution in [-0.2, 0) is 20.9 Å². The number of cyclic esters (lactones) is 1. The number of carbonyl (C=O) groups is 3. The molecule has 12 nitrogen and oxygen atoms in total. The first kappa shape index (κ1) is 26.7. The number of carbonyl (C=O) groups excluding carboxylic acids is 2. The van der Waals surface area contributed by atoms with Gasteiger partial charge in [-0.3, -0.25) is 9.69 Å². The summed E-state index contributed by atoms with van der Waals surface area (Å²) in [5.74, 6) is -3.28. The molecule has 0 unspecified atom stereocenters. The minimum Gasteiger partial charge on any atom is -0.475 e. The van der Waals surface area contributed by atoms with Crippen LogP contribution in [0.2, 0.25) is 0 Å². The molecule has 0 aliphatic carbocycles. The van der Waals surface area contributed by atoms with Gasteiger partial charge < -0.3 is 25.4 Å². The lowest BCUT2D eigenvalue weighted by molar-refractivity contribution is -0.192. The van der Waals surface area contributed by atoms with Gasteiger partial charge in [0.05, 0.1) is 37.2 Å². The molecule has 2 aromatic rings. The van der Waals surface area contributed by atoms with Crippen molar-refractivity contribution in [1.82, 2.24) is 19.9 Å². The number of halogens is 4. The number of hydrogen-bond acceptors (Lipinski definition) is 8. The average molecular weight is 517 g/mol. The van der Waals surface area contributed by atoms with E-state index in [0.717, 1.165) is 0 Å². The van der Waals surface area contributed by atoms with E-state index in [1.165, 1.54) is 11.0 Å². The maximum absolute atomic E-state index is 14.8. The number of benzene rings is 1. The van der Waals surface area contributed by atoms with Gasteiger partial charge in [-0.05, 0) is 18.2 Å². The zero-order valence-corrected chi connectivity index (χ0v) is 18.8. The summed E-state index contributed by atoms with van der Waals surface area (Å²) < 4.78 is 53.5. The van der Waals surface area contributed by atoms with E-state index in [-0.39, 0.29) is 18.6 Å². The number of amides is 2. The number of aromatic nitrogens is 3. The number of aliphatic carboxylic acids is 1. The zero-order chi connectivity index (χ0) is 26.5. The molecular weight excluding hydrogens is 494 g/mol. The molecule has 16 heteroatoms. The summed E-state index contributed by atoms with van der Waals surface area (Å²) in [6.45, 7) is 2.71. The Balaban J connectivity index is 0.000000454. The van der Waals surface area contributed by atoms with Gasteiger partial charge in [0.1, 0.15) is 11.9 Å². The monoisotopic (exact) mass is 517 g/mol. The van der Waals surface area contributed by atoms with Crippen LogP contribution in [0.25, 0.3) is 0 Å². The van der Waals surface area contributed by atoms with E-state index in [1.807, 2.05) is 4.90 Å². The molecule has 1 atom stereocenters. The summed E-state index contributed by atoms with van der Waals surface area (Å²) in [5.41, 5.74) is 6.28. The summed E-state index contributed by atoms with van der Waals surface area (Å²) in [5, 5.41) is 14.7. The first-order valence-corrected chi connectivity index (χ1v) is 10.6. The summed E-state index contributed by atoms with van der Waals surface area (Å²) in [4.78, 5) is 37.8. The molecule has 3 heterocycles. The largest absolute Gasteiger partial charge is 0.490 e. The van der Waals surface area contributed by atoms with E-state index in [4.69, 9.17) is 20.4 Å². The Labute approximate surface area is 201 Å². The highest BCUT2D eigenvalue weighted by atomic mass is 19.4. The zero-order valence-electron chi connectivity index (χ0n) is 18.8. The van der Waals surface area contributed by atoms with Gasteiger partial charge in [0.2, 0.25) is 5.91 Å². The van der Waals surface area contributed by atoms with Crippen LogP contribution in [0, 0.1) is 5.82 Å². The number of alkyl halides is 3. The molecule has 2 saturated heterocycles. The molecule has 36 heavy (non-hydrogen) atoms. The fraction of sp³-hybridized carbons (Fsp3) is 0.450. The molecule has 0 saturated carbocycles. The highest BCUT2D eigenvalue weighted by molar-refractivity contribution is 5.90. The van der Waals surface area contributed by atoms with E-state index in [2.05, 4.69) is 10.3 Å². The molecule has 2 amide bonds. The molecule has 0 bridgehead atoms. The molecule has 196 valence electrons. The Hall–Kier alpha value is -3.95. The van der Waals surface area contributed by atoms with Crippen molar-refractivity contribution in [3.8, 4) is 0 Å². The van der Waals surface area contributed by atoms with Crippen LogP contribution < -0.4 is 15.5 Å². The summed E-state index contributed by atoms with van der Waals surface area (Å²) in [6.07, 6.45) is -2.75. The first-order chi connectivity index (χ1) is 17.0. The highest BCUT2D eigenvalue weighted by Gasteiger charge is 2.38. The Kier molecular flexibility index (Phi) is 8.29. The third-order valence-electron chi connectivity index (χ3n) is 5.37. The van der Waals surface area contributed by atoms with Gasteiger partial charge in [-0.15, -0.1) is 5.10 Å². The van der Waals surface area contributed by atoms with Crippen molar-refractivity contribution in [2.24, 2.45) is 5.73 Å². The van der Waals surface area contributed by atoms with E-state index in [9.17, 15) is 27.2 Å². The molecule has 0 spiro atoms. The van der Waals surface area contributed by atoms with Crippen LogP contribution in [0.5, 0.6) is 0 Å². The van der Waals surface area contributed by atoms with Crippen molar-refractivity contribution < 1.29 is 41.8 Å². The van der Waals surface area contributed by atoms with Crippen molar-refractivity contribution in [3.63, 3.8) is 0 Å². The summed E-state index contributed by atoms with van der Waals surface area (Å²) >= 11 is 0. The summed E-state index contributed by atoms with van der Waals surface area (Å²) in [6, 6.07) is 4.70. The predicted molar refractivity (Wildman–Crippen MR) is 116 cm³/mol. The van der Waals surface area contributed by atoms with Gasteiger partial charge in [0.25, 0.3) is 0 Å². The number of hydrogen-bond donors (Lipinski definition) is 2. The Morgan fingerprint density at radius 2 is 1.86 bits per heavy atom. The molecular formula is C20H23F4N7O5. The lowest BCUT2D eigenvalue weighted by Crippen LogP contribution is -2.50. The van der Waals surface area contributed by atoms with Crippen molar-refractivity contribution in [1.29, 1.82) is 0 Å². The second-order valence-corrected chi connectivity index (χ2v) is 7.75. The predicted octanol–water partition coefficient (Wildman–Crippen LogP) is 0.683. The fourth-order valence-electron chi connectivity index (χ4n) is 3.61. The Morgan fingerprint density at radius 1 is 1.19 bits per heavy atom. The molecule has 2 aliphatic heterocycles. The Bertz CT molecular complexity index is 1070. The van der Waals surface area contributed by atoms with Crippen LogP contribution in [0.15, 0.2) is 30.6 Å². The van der Waals surface area contributed by atoms with E-state index in [0.29, 0.717) is 50.6 Å². The fourth-order valence-corrected chi connectivity index (χ4v) is 3.61. The van der Waals surface area contributed by atoms with Crippen molar-refractivity contribution in [2.45, 2.75) is 18.8 Å². The van der Waals surface area contributed by atoms with Gasteiger partial charge >= 0.3 is 18.2 Å². The molecule has 1 aromatic heterocycles. The first-order valence-electron chi connectivity index (χ1n) is 10.6. The number of anilines is 2. The van der Waals surface area contributed by atoms with Crippen molar-refractivity contribution in [2.75, 3.05) is 49.1 Å². The van der Waals surface area contributed by atoms with Crippen LogP contribution in [-0.4, -0.2) is 94.5 Å². The number of ether oxygens (including phenoxy) is 1. The van der Waals surface area contributed by atoms with Crippen molar-refractivity contribution >= 4 is 29.3 Å². The molecule has 2 aliphatic rings. The van der Waals surface area contributed by atoms with Gasteiger partial charge in [-0.1, -0.05) is 5.21 Å². The standard InChI is InChI=1S/C18H22FN7O3.C2HF3O2/c19-15-9-13(26-12-14(29-18(26)28)11-25-4-3-21-22-25)1-2-16(15)23-5-7-24(8-6-23)17(27)10-20;3-2(4,5)1(6)7/h1-4,9,14H,5-8,10-12,20H2;(H,6,7)/t14-;/m0./s1. The molecule has 0 radical (unpaired) electrons. The number of nitrogens with zero attached hydrogens (tertiary/aromatic N) is 6. The molecule has 4 rings (SSSR count). The van der Waals surface area contributed by atoms with Crippen LogP contribution in [0.1, 0.15) is 0 Å². The topological polar surface area (TPSA) is 147 Å². The van der Waals surface area contributed by atoms with Crippen LogP contribution in [0.4, 0.5) is 33.7 Å². The second kappa shape index (κ2) is 11.2. The average Bonchev–Trinajstić information content (AvgIpc) is 3.48. The third kappa shape index (κ3) is 6.59. The Morgan fingerprint density at radius 3 is 2.39 bits per heavy atom. The number of carboxylic acids is 1. The lowest BCUT2D eigenvalue weighted by atomic mass is 10.2. The normalized spacial score (nSPS) is 18.0. The van der Waals surface area contributed by atoms with E-state index >= 15 is 0 Å². The van der Waals surface area contributed by atoms with Crippen molar-refractivity contribution in [3.05, 3.63) is 36.4 Å². The van der Waals surface area contributed by atoms with Crippen LogP contribution in [0.3, 0.4) is 0 Å². The SMILES string of the molecule is NCC(=O)N1CCN(c2ccc(N3C[C@H](Cn4ccnn4)OC3=O)cc2F)CC1.O=C(O)C(F)(F)F. The smallest absolute Gasteiger partial charge is 0.475 e. The maximum Gasteiger partial charge on any atom is 0.490 e. The number of carboxylic acid groups (broad SMARTS) is 1. The minimum absolute atomic E-state index is 0.0209. The summed E-state index contributed by atoms with van der Waals surface area (Å²) in [7, 11) is 0. The molecule has 2 fully saturated rings.